The highest BCUT2D eigenvalue weighted by molar-refractivity contribution is 9.09. The maximum absolute atomic E-state index is 5.56. The highest BCUT2D eigenvalue weighted by Gasteiger charge is 1.95. The Morgan fingerprint density at radius 3 is 3.08 bits per heavy atom. The third kappa shape index (κ3) is 2.24. The maximum Gasteiger partial charge on any atom is 0.0649 e. The van der Waals surface area contributed by atoms with E-state index in [1.807, 2.05) is 13.0 Å². The van der Waals surface area contributed by atoms with Crippen LogP contribution in [0.5, 0.6) is 0 Å². The molecule has 0 saturated carbocycles. The van der Waals surface area contributed by atoms with Crippen LogP contribution < -0.4 is 5.73 Å². The van der Waals surface area contributed by atoms with Gasteiger partial charge in [0, 0.05) is 5.56 Å². The molecule has 3 heteroatoms. The number of aromatic nitrogens is 1. The van der Waals surface area contributed by atoms with Gasteiger partial charge in [0.25, 0.3) is 0 Å². The zero-order valence-electron chi connectivity index (χ0n) is 6.76. The fraction of sp³-hybridized carbons (Fsp3) is 0.222. The quantitative estimate of drug-likeness (QED) is 0.539. The summed E-state index contributed by atoms with van der Waals surface area (Å²) in [6, 6.07) is 1.83. The van der Waals surface area contributed by atoms with Crippen LogP contribution in [-0.2, 0) is 0 Å². The van der Waals surface area contributed by atoms with Crippen LogP contribution in [0.25, 0.3) is 0 Å². The van der Waals surface area contributed by atoms with E-state index in [-0.39, 0.29) is 0 Å². The van der Waals surface area contributed by atoms with E-state index in [9.17, 15) is 0 Å². The highest BCUT2D eigenvalue weighted by Crippen LogP contribution is 2.07. The van der Waals surface area contributed by atoms with Crippen molar-refractivity contribution in [3.8, 4) is 11.8 Å². The summed E-state index contributed by atoms with van der Waals surface area (Å²) < 4.78 is 0. The number of halogens is 1. The number of aryl methyl sites for hydroxylation is 1. The molecule has 0 aliphatic heterocycles. The van der Waals surface area contributed by atoms with Gasteiger partial charge in [-0.15, -0.1) is 0 Å². The van der Waals surface area contributed by atoms with Crippen LogP contribution in [-0.4, -0.2) is 10.3 Å². The van der Waals surface area contributed by atoms with Gasteiger partial charge in [0.15, 0.2) is 0 Å². The lowest BCUT2D eigenvalue weighted by atomic mass is 10.2. The van der Waals surface area contributed by atoms with Crippen LogP contribution in [0.4, 0.5) is 5.69 Å². The molecule has 0 unspecified atom stereocenters. The number of hydrogen-bond donors (Lipinski definition) is 1. The predicted octanol–water partition coefficient (Wildman–Crippen LogP) is 1.72. The molecule has 0 aliphatic carbocycles. The summed E-state index contributed by atoms with van der Waals surface area (Å²) in [6.07, 6.45) is 1.63. The van der Waals surface area contributed by atoms with Gasteiger partial charge in [-0.3, -0.25) is 4.98 Å². The van der Waals surface area contributed by atoms with Crippen molar-refractivity contribution in [3.05, 3.63) is 23.5 Å². The van der Waals surface area contributed by atoms with Gasteiger partial charge in [-0.05, 0) is 13.0 Å². The largest absolute Gasteiger partial charge is 0.397 e. The van der Waals surface area contributed by atoms with Gasteiger partial charge in [-0.1, -0.05) is 27.8 Å². The second-order valence-corrected chi connectivity index (χ2v) is 2.90. The normalized spacial score (nSPS) is 8.83. The fourth-order valence-electron chi connectivity index (χ4n) is 0.804. The molecule has 0 spiro atoms. The number of rotatable bonds is 0. The van der Waals surface area contributed by atoms with E-state index in [1.165, 1.54) is 0 Å². The van der Waals surface area contributed by atoms with E-state index in [0.717, 1.165) is 11.3 Å². The number of hydrogen-bond acceptors (Lipinski definition) is 2. The zero-order chi connectivity index (χ0) is 8.97. The second kappa shape index (κ2) is 4.13. The summed E-state index contributed by atoms with van der Waals surface area (Å²) in [5.74, 6) is 5.87. The van der Waals surface area contributed by atoms with Gasteiger partial charge in [0.1, 0.15) is 0 Å². The fourth-order valence-corrected chi connectivity index (χ4v) is 0.945. The van der Waals surface area contributed by atoms with E-state index in [1.54, 1.807) is 6.20 Å². The monoisotopic (exact) mass is 224 g/mol. The van der Waals surface area contributed by atoms with Gasteiger partial charge in [0.05, 0.1) is 22.9 Å². The van der Waals surface area contributed by atoms with Crippen molar-refractivity contribution in [1.82, 2.24) is 4.98 Å². The molecule has 62 valence electrons. The van der Waals surface area contributed by atoms with Crippen LogP contribution in [0.15, 0.2) is 12.3 Å². The molecule has 0 saturated heterocycles. The second-order valence-electron chi connectivity index (χ2n) is 2.34. The van der Waals surface area contributed by atoms with E-state index in [0.29, 0.717) is 11.0 Å². The summed E-state index contributed by atoms with van der Waals surface area (Å²) in [6.45, 7) is 1.91. The number of nitrogens with zero attached hydrogens (tertiary/aromatic N) is 1. The Hall–Kier alpha value is -1.01. The topological polar surface area (TPSA) is 38.9 Å². The first kappa shape index (κ1) is 9.08. The molecule has 1 heterocycles. The third-order valence-electron chi connectivity index (χ3n) is 1.40. The molecular formula is C9H9BrN2. The Labute approximate surface area is 80.3 Å². The molecule has 12 heavy (non-hydrogen) atoms. The van der Waals surface area contributed by atoms with Gasteiger partial charge in [-0.25, -0.2) is 0 Å². The molecule has 0 aromatic carbocycles. The van der Waals surface area contributed by atoms with Crippen molar-refractivity contribution in [1.29, 1.82) is 0 Å². The molecule has 1 rings (SSSR count). The Morgan fingerprint density at radius 1 is 1.67 bits per heavy atom. The Bertz CT molecular complexity index is 336. The minimum absolute atomic E-state index is 0.652. The Morgan fingerprint density at radius 2 is 2.42 bits per heavy atom. The summed E-state index contributed by atoms with van der Waals surface area (Å²) >= 11 is 3.22. The van der Waals surface area contributed by atoms with Crippen molar-refractivity contribution in [2.45, 2.75) is 6.92 Å². The van der Waals surface area contributed by atoms with Gasteiger partial charge in [0.2, 0.25) is 0 Å². The van der Waals surface area contributed by atoms with Crippen LogP contribution in [0, 0.1) is 18.8 Å². The smallest absolute Gasteiger partial charge is 0.0649 e. The summed E-state index contributed by atoms with van der Waals surface area (Å²) in [5.41, 5.74) is 8.02. The lowest BCUT2D eigenvalue weighted by Gasteiger charge is -1.97. The average molecular weight is 225 g/mol. The molecule has 0 aliphatic rings. The SMILES string of the molecule is Cc1ncc(N)cc1C#CCBr. The molecule has 2 nitrogen and oxygen atoms in total. The van der Waals surface area contributed by atoms with Crippen molar-refractivity contribution >= 4 is 21.6 Å². The molecule has 0 bridgehead atoms. The van der Waals surface area contributed by atoms with Gasteiger partial charge < -0.3 is 5.73 Å². The minimum Gasteiger partial charge on any atom is -0.397 e. The molecule has 1 aromatic rings. The van der Waals surface area contributed by atoms with E-state index in [4.69, 9.17) is 5.73 Å². The van der Waals surface area contributed by atoms with Gasteiger partial charge in [-0.2, -0.15) is 0 Å². The van der Waals surface area contributed by atoms with Crippen LogP contribution in [0.1, 0.15) is 11.3 Å². The van der Waals surface area contributed by atoms with Crippen molar-refractivity contribution in [2.75, 3.05) is 11.1 Å². The zero-order valence-corrected chi connectivity index (χ0v) is 8.35. The summed E-state index contributed by atoms with van der Waals surface area (Å²) in [5, 5.41) is 0.668. The first-order valence-corrected chi connectivity index (χ1v) is 4.63. The average Bonchev–Trinajstić information content (AvgIpc) is 2.07. The molecular weight excluding hydrogens is 216 g/mol. The number of nitrogens with two attached hydrogens (primary N) is 1. The van der Waals surface area contributed by atoms with Gasteiger partial charge >= 0.3 is 0 Å². The van der Waals surface area contributed by atoms with Crippen LogP contribution in [0.3, 0.4) is 0 Å². The lowest BCUT2D eigenvalue weighted by molar-refractivity contribution is 1.19. The van der Waals surface area contributed by atoms with E-state index >= 15 is 0 Å². The first-order valence-electron chi connectivity index (χ1n) is 3.51. The Kier molecular flexibility index (Phi) is 3.12. The standard InChI is InChI=1S/C9H9BrN2/c1-7-8(3-2-4-10)5-9(11)6-12-7/h5-6H,4,11H2,1H3. The minimum atomic E-state index is 0.652. The maximum atomic E-state index is 5.56. The van der Waals surface area contributed by atoms with E-state index in [2.05, 4.69) is 32.8 Å². The number of pyridine rings is 1. The van der Waals surface area contributed by atoms with Crippen molar-refractivity contribution in [3.63, 3.8) is 0 Å². The molecule has 0 amide bonds. The number of nitrogen functional groups attached to an aromatic ring is 1. The Balaban J connectivity index is 3.05. The third-order valence-corrected chi connectivity index (χ3v) is 1.68. The summed E-state index contributed by atoms with van der Waals surface area (Å²) in [4.78, 5) is 4.09. The molecule has 2 N–H and O–H groups in total. The molecule has 0 atom stereocenters. The molecule has 0 fully saturated rings. The number of alkyl halides is 1. The molecule has 0 radical (unpaired) electrons. The summed E-state index contributed by atoms with van der Waals surface area (Å²) in [7, 11) is 0. The highest BCUT2D eigenvalue weighted by atomic mass is 79.9. The first-order chi connectivity index (χ1) is 5.74. The van der Waals surface area contributed by atoms with E-state index < -0.39 is 0 Å². The number of anilines is 1. The van der Waals surface area contributed by atoms with Crippen molar-refractivity contribution in [2.24, 2.45) is 0 Å². The van der Waals surface area contributed by atoms with Crippen molar-refractivity contribution < 1.29 is 0 Å². The predicted molar refractivity (Wildman–Crippen MR) is 54.1 cm³/mol. The van der Waals surface area contributed by atoms with Crippen LogP contribution >= 0.6 is 15.9 Å². The molecule has 1 aromatic heterocycles. The van der Waals surface area contributed by atoms with Crippen LogP contribution in [0.2, 0.25) is 0 Å². The lowest BCUT2D eigenvalue weighted by Crippen LogP contribution is -1.92.